The van der Waals surface area contributed by atoms with Crippen molar-refractivity contribution >= 4 is 34.0 Å². The largest absolute Gasteiger partial charge is 0.339 e. The zero-order chi connectivity index (χ0) is 25.1. The van der Waals surface area contributed by atoms with Gasteiger partial charge in [0.05, 0.1) is 17.4 Å². The molecular weight excluding hydrogens is 474 g/mol. The zero-order valence-electron chi connectivity index (χ0n) is 19.8. The Labute approximate surface area is 213 Å². The number of benzene rings is 3. The fraction of sp³-hybridized carbons (Fsp3) is 0.207. The van der Waals surface area contributed by atoms with Gasteiger partial charge in [0.1, 0.15) is 0 Å². The molecule has 5 rings (SSSR count). The molecule has 2 heterocycles. The molecule has 0 N–H and O–H groups in total. The summed E-state index contributed by atoms with van der Waals surface area (Å²) in [5, 5.41) is 1.06. The van der Waals surface area contributed by atoms with Crippen molar-refractivity contribution in [1.29, 1.82) is 0 Å². The van der Waals surface area contributed by atoms with Gasteiger partial charge in [-0.1, -0.05) is 72.3 Å². The van der Waals surface area contributed by atoms with Gasteiger partial charge in [0.25, 0.3) is 5.56 Å². The van der Waals surface area contributed by atoms with Gasteiger partial charge in [0, 0.05) is 31.1 Å². The minimum atomic E-state index is -0.425. The molecule has 6 nitrogen and oxygen atoms in total. The van der Waals surface area contributed by atoms with Gasteiger partial charge >= 0.3 is 5.69 Å². The minimum absolute atomic E-state index is 0.0354. The summed E-state index contributed by atoms with van der Waals surface area (Å²) in [4.78, 5) is 41.4. The van der Waals surface area contributed by atoms with E-state index in [1.807, 2.05) is 30.3 Å². The smallest absolute Gasteiger partial charge is 0.331 e. The highest BCUT2D eigenvalue weighted by Gasteiger charge is 2.19. The lowest BCUT2D eigenvalue weighted by atomic mass is 9.99. The number of hydrogen-bond donors (Lipinski definition) is 0. The van der Waals surface area contributed by atoms with Crippen LogP contribution in [0.15, 0.2) is 94.5 Å². The highest BCUT2D eigenvalue weighted by molar-refractivity contribution is 6.30. The van der Waals surface area contributed by atoms with Crippen LogP contribution in [-0.4, -0.2) is 33.0 Å². The number of amides is 1. The second-order valence-corrected chi connectivity index (χ2v) is 9.34. The third-order valence-corrected chi connectivity index (χ3v) is 6.89. The van der Waals surface area contributed by atoms with E-state index in [0.29, 0.717) is 35.6 Å². The summed E-state index contributed by atoms with van der Waals surface area (Å²) in [5.41, 5.74) is 3.07. The second-order valence-electron chi connectivity index (χ2n) is 8.90. The first-order valence-corrected chi connectivity index (χ1v) is 12.4. The molecule has 36 heavy (non-hydrogen) atoms. The maximum Gasteiger partial charge on any atom is 0.331 e. The van der Waals surface area contributed by atoms with Crippen molar-refractivity contribution in [2.45, 2.75) is 25.9 Å². The first kappa shape index (κ1) is 23.8. The summed E-state index contributed by atoms with van der Waals surface area (Å²) < 4.78 is 2.77. The normalized spacial score (nSPS) is 13.6. The first-order valence-electron chi connectivity index (χ1n) is 12.0. The van der Waals surface area contributed by atoms with Crippen LogP contribution in [0.1, 0.15) is 24.0 Å². The molecule has 0 bridgehead atoms. The molecule has 3 aromatic carbocycles. The highest BCUT2D eigenvalue weighted by Crippen LogP contribution is 2.22. The van der Waals surface area contributed by atoms with Crippen molar-refractivity contribution in [2.24, 2.45) is 0 Å². The Hall–Kier alpha value is -3.90. The van der Waals surface area contributed by atoms with Gasteiger partial charge in [-0.05, 0) is 47.4 Å². The molecule has 1 amide bonds. The average molecular weight is 500 g/mol. The van der Waals surface area contributed by atoms with E-state index in [4.69, 9.17) is 11.6 Å². The van der Waals surface area contributed by atoms with Crippen LogP contribution in [0.5, 0.6) is 0 Å². The summed E-state index contributed by atoms with van der Waals surface area (Å²) in [6, 6.07) is 24.5. The molecule has 0 fully saturated rings. The third-order valence-electron chi connectivity index (χ3n) is 6.64. The Kier molecular flexibility index (Phi) is 6.87. The molecule has 1 aliphatic rings. The molecule has 0 saturated carbocycles. The van der Waals surface area contributed by atoms with Crippen LogP contribution < -0.4 is 11.2 Å². The SMILES string of the molecule is O=C(CCn1c(=O)c2ccccc2n(Cc2ccc(Cl)cc2)c1=O)N1CC=C(c2ccccc2)CC1. The molecule has 0 spiro atoms. The molecule has 0 unspecified atom stereocenters. The van der Waals surface area contributed by atoms with Crippen molar-refractivity contribution < 1.29 is 4.79 Å². The number of hydrogen-bond acceptors (Lipinski definition) is 3. The van der Waals surface area contributed by atoms with Gasteiger partial charge < -0.3 is 4.90 Å². The number of halogens is 1. The number of carbonyl (C=O) groups excluding carboxylic acids is 1. The number of rotatable bonds is 6. The molecule has 0 saturated heterocycles. The van der Waals surface area contributed by atoms with Crippen LogP contribution in [0, 0.1) is 0 Å². The lowest BCUT2D eigenvalue weighted by Gasteiger charge is -2.27. The van der Waals surface area contributed by atoms with Gasteiger partial charge in [-0.3, -0.25) is 18.7 Å². The first-order chi connectivity index (χ1) is 17.5. The van der Waals surface area contributed by atoms with Crippen molar-refractivity contribution in [2.75, 3.05) is 13.1 Å². The predicted molar refractivity (Wildman–Crippen MR) is 143 cm³/mol. The minimum Gasteiger partial charge on any atom is -0.339 e. The lowest BCUT2D eigenvalue weighted by molar-refractivity contribution is -0.131. The van der Waals surface area contributed by atoms with E-state index in [-0.39, 0.29) is 24.4 Å². The topological polar surface area (TPSA) is 64.3 Å². The van der Waals surface area contributed by atoms with Crippen molar-refractivity contribution in [1.82, 2.24) is 14.0 Å². The molecule has 0 atom stereocenters. The Morgan fingerprint density at radius 1 is 0.861 bits per heavy atom. The van der Waals surface area contributed by atoms with Crippen LogP contribution in [-0.2, 0) is 17.9 Å². The number of para-hydroxylation sites is 1. The van der Waals surface area contributed by atoms with Crippen molar-refractivity contribution in [3.8, 4) is 0 Å². The van der Waals surface area contributed by atoms with E-state index in [0.717, 1.165) is 12.0 Å². The average Bonchev–Trinajstić information content (AvgIpc) is 2.92. The lowest BCUT2D eigenvalue weighted by Crippen LogP contribution is -2.42. The van der Waals surface area contributed by atoms with Gasteiger partial charge in [0.2, 0.25) is 5.91 Å². The summed E-state index contributed by atoms with van der Waals surface area (Å²) in [7, 11) is 0. The van der Waals surface area contributed by atoms with Gasteiger partial charge in [0.15, 0.2) is 0 Å². The maximum absolute atomic E-state index is 13.4. The van der Waals surface area contributed by atoms with E-state index in [2.05, 4.69) is 18.2 Å². The molecular formula is C29H26ClN3O3. The fourth-order valence-corrected chi connectivity index (χ4v) is 4.79. The van der Waals surface area contributed by atoms with E-state index in [1.54, 1.807) is 45.9 Å². The molecule has 0 radical (unpaired) electrons. The third kappa shape index (κ3) is 4.90. The van der Waals surface area contributed by atoms with E-state index in [9.17, 15) is 14.4 Å². The Morgan fingerprint density at radius 3 is 2.31 bits per heavy atom. The molecule has 182 valence electrons. The molecule has 7 heteroatoms. The predicted octanol–water partition coefficient (Wildman–Crippen LogP) is 4.57. The van der Waals surface area contributed by atoms with Crippen LogP contribution in [0.3, 0.4) is 0 Å². The standard InChI is InChI=1S/C29H26ClN3O3/c30-24-12-10-21(11-13-24)20-33-26-9-5-4-8-25(26)28(35)32(29(33)36)19-16-27(34)31-17-14-23(15-18-31)22-6-2-1-3-7-22/h1-14H,15-20H2. The van der Waals surface area contributed by atoms with E-state index in [1.165, 1.54) is 15.7 Å². The number of nitrogens with zero attached hydrogens (tertiary/aromatic N) is 3. The summed E-state index contributed by atoms with van der Waals surface area (Å²) in [5.74, 6) is -0.0675. The maximum atomic E-state index is 13.4. The zero-order valence-corrected chi connectivity index (χ0v) is 20.5. The highest BCUT2D eigenvalue weighted by atomic mass is 35.5. The monoisotopic (exact) mass is 499 g/mol. The summed E-state index contributed by atoms with van der Waals surface area (Å²) >= 11 is 6.01. The molecule has 1 aliphatic heterocycles. The van der Waals surface area contributed by atoms with Crippen LogP contribution >= 0.6 is 11.6 Å². The van der Waals surface area contributed by atoms with Crippen LogP contribution in [0.4, 0.5) is 0 Å². The van der Waals surface area contributed by atoms with E-state index >= 15 is 0 Å². The van der Waals surface area contributed by atoms with E-state index < -0.39 is 5.69 Å². The van der Waals surface area contributed by atoms with Gasteiger partial charge in [-0.2, -0.15) is 0 Å². The molecule has 1 aromatic heterocycles. The molecule has 4 aromatic rings. The van der Waals surface area contributed by atoms with Crippen LogP contribution in [0.2, 0.25) is 5.02 Å². The Bertz CT molecular complexity index is 1550. The summed E-state index contributed by atoms with van der Waals surface area (Å²) in [6.45, 7) is 1.47. The van der Waals surface area contributed by atoms with Crippen molar-refractivity contribution in [3.63, 3.8) is 0 Å². The molecule has 0 aliphatic carbocycles. The Morgan fingerprint density at radius 2 is 1.58 bits per heavy atom. The Balaban J connectivity index is 1.37. The number of aromatic nitrogens is 2. The fourth-order valence-electron chi connectivity index (χ4n) is 4.67. The van der Waals surface area contributed by atoms with Crippen molar-refractivity contribution in [3.05, 3.63) is 122 Å². The summed E-state index contributed by atoms with van der Waals surface area (Å²) in [6.07, 6.45) is 2.94. The second kappa shape index (κ2) is 10.4. The quantitative estimate of drug-likeness (QED) is 0.390. The number of fused-ring (bicyclic) bond motifs is 1. The van der Waals surface area contributed by atoms with Crippen LogP contribution in [0.25, 0.3) is 16.5 Å². The van der Waals surface area contributed by atoms with Gasteiger partial charge in [-0.25, -0.2) is 4.79 Å². The number of carbonyl (C=O) groups is 1. The van der Waals surface area contributed by atoms with Gasteiger partial charge in [-0.15, -0.1) is 0 Å².